The van der Waals surface area contributed by atoms with Gasteiger partial charge >= 0.3 is 0 Å². The van der Waals surface area contributed by atoms with E-state index in [-0.39, 0.29) is 0 Å². The first-order valence-electron chi connectivity index (χ1n) is 10.1. The summed E-state index contributed by atoms with van der Waals surface area (Å²) in [5.41, 5.74) is 6.63. The quantitative estimate of drug-likeness (QED) is 0.627. The topological polar surface area (TPSA) is 71.3 Å². The summed E-state index contributed by atoms with van der Waals surface area (Å²) in [6.45, 7) is 3.11. The number of anilines is 2. The van der Waals surface area contributed by atoms with Crippen molar-refractivity contribution in [3.05, 3.63) is 54.0 Å². The van der Waals surface area contributed by atoms with E-state index in [1.165, 1.54) is 21.7 Å². The Morgan fingerprint density at radius 3 is 2.67 bits per heavy atom. The molecule has 1 aliphatic rings. The number of sulfonamides is 1. The lowest BCUT2D eigenvalue weighted by atomic mass is 9.96. The van der Waals surface area contributed by atoms with Gasteiger partial charge < -0.3 is 9.47 Å². The number of nitrogens with zero attached hydrogens (tertiary/aromatic N) is 5. The number of fused-ring (bicyclic) bond motifs is 1. The van der Waals surface area contributed by atoms with Crippen LogP contribution in [0.25, 0.3) is 16.6 Å². The van der Waals surface area contributed by atoms with E-state index in [2.05, 4.69) is 46.1 Å². The van der Waals surface area contributed by atoms with E-state index in [1.807, 2.05) is 30.9 Å². The van der Waals surface area contributed by atoms with E-state index < -0.39 is 10.0 Å². The van der Waals surface area contributed by atoms with Gasteiger partial charge in [0.15, 0.2) is 0 Å². The number of pyridine rings is 1. The maximum atomic E-state index is 11.7. The van der Waals surface area contributed by atoms with Crippen molar-refractivity contribution in [1.82, 2.24) is 18.8 Å². The molecule has 1 aliphatic heterocycles. The summed E-state index contributed by atoms with van der Waals surface area (Å²) in [4.78, 5) is 11.0. The fourth-order valence-corrected chi connectivity index (χ4v) is 4.70. The van der Waals surface area contributed by atoms with Gasteiger partial charge in [-0.2, -0.15) is 4.31 Å². The largest absolute Gasteiger partial charge is 0.334 e. The average molecular weight is 426 g/mol. The molecule has 7 nitrogen and oxygen atoms in total. The summed E-state index contributed by atoms with van der Waals surface area (Å²) in [6, 6.07) is 8.53. The SMILES string of the molecule is CCc1cc(C2=CCN(S(C)(=O)=O)CC2)ccc1N(C)c1cc2c(cn1)ncn2C. The molecule has 0 amide bonds. The molecule has 4 rings (SSSR count). The van der Waals surface area contributed by atoms with Crippen molar-refractivity contribution in [3.8, 4) is 0 Å². The standard InChI is InChI=1S/C22H27N5O2S/c1-5-16-12-18(17-8-10-27(11-9-17)30(4,28)29)6-7-20(16)26(3)22-13-21-19(14-23-22)24-15-25(21)2/h6-8,12-15H,5,9-11H2,1-4H3. The minimum Gasteiger partial charge on any atom is -0.334 e. The zero-order valence-corrected chi connectivity index (χ0v) is 18.6. The first kappa shape index (κ1) is 20.6. The number of aryl methyl sites for hydroxylation is 2. The van der Waals surface area contributed by atoms with Gasteiger partial charge in [0.1, 0.15) is 11.3 Å². The monoisotopic (exact) mass is 425 g/mol. The molecule has 0 bridgehead atoms. The van der Waals surface area contributed by atoms with Crippen molar-refractivity contribution in [2.24, 2.45) is 7.05 Å². The molecule has 1 aromatic carbocycles. The van der Waals surface area contributed by atoms with Crippen molar-refractivity contribution in [2.75, 3.05) is 31.3 Å². The van der Waals surface area contributed by atoms with Crippen molar-refractivity contribution >= 4 is 38.1 Å². The molecule has 0 spiro atoms. The molecule has 158 valence electrons. The Morgan fingerprint density at radius 2 is 2.00 bits per heavy atom. The van der Waals surface area contributed by atoms with Crippen LogP contribution < -0.4 is 4.90 Å². The zero-order valence-electron chi connectivity index (χ0n) is 17.8. The highest BCUT2D eigenvalue weighted by Gasteiger charge is 2.21. The van der Waals surface area contributed by atoms with E-state index in [9.17, 15) is 8.42 Å². The lowest BCUT2D eigenvalue weighted by Crippen LogP contribution is -2.33. The predicted molar refractivity (Wildman–Crippen MR) is 121 cm³/mol. The Bertz CT molecular complexity index is 1230. The number of benzene rings is 1. The highest BCUT2D eigenvalue weighted by Crippen LogP contribution is 2.32. The Kier molecular flexibility index (Phi) is 5.38. The zero-order chi connectivity index (χ0) is 21.5. The molecule has 2 aromatic heterocycles. The molecule has 0 N–H and O–H groups in total. The van der Waals surface area contributed by atoms with E-state index in [4.69, 9.17) is 0 Å². The van der Waals surface area contributed by atoms with Gasteiger partial charge in [-0.15, -0.1) is 0 Å². The van der Waals surface area contributed by atoms with Gasteiger partial charge in [0.2, 0.25) is 10.0 Å². The molecule has 0 saturated heterocycles. The van der Waals surface area contributed by atoms with Gasteiger partial charge in [-0.25, -0.2) is 18.4 Å². The molecule has 0 unspecified atom stereocenters. The van der Waals surface area contributed by atoms with Gasteiger partial charge in [-0.1, -0.05) is 19.1 Å². The summed E-state index contributed by atoms with van der Waals surface area (Å²) in [6.07, 6.45) is 8.52. The summed E-state index contributed by atoms with van der Waals surface area (Å²) in [7, 11) is 0.872. The minimum absolute atomic E-state index is 0.436. The Balaban J connectivity index is 1.63. The van der Waals surface area contributed by atoms with Gasteiger partial charge in [0, 0.05) is 38.9 Å². The third-order valence-corrected chi connectivity index (χ3v) is 7.04. The summed E-state index contributed by atoms with van der Waals surface area (Å²) in [5, 5.41) is 0. The van der Waals surface area contributed by atoms with Crippen molar-refractivity contribution in [1.29, 1.82) is 0 Å². The van der Waals surface area contributed by atoms with Crippen molar-refractivity contribution < 1.29 is 8.42 Å². The first-order chi connectivity index (χ1) is 14.3. The van der Waals surface area contributed by atoms with Crippen LogP contribution in [0, 0.1) is 0 Å². The van der Waals surface area contributed by atoms with Crippen LogP contribution in [-0.2, 0) is 23.5 Å². The molecular formula is C22H27N5O2S. The second kappa shape index (κ2) is 7.85. The van der Waals surface area contributed by atoms with Crippen LogP contribution in [-0.4, -0.2) is 53.7 Å². The number of hydrogen-bond acceptors (Lipinski definition) is 5. The average Bonchev–Trinajstić information content (AvgIpc) is 3.12. The fourth-order valence-electron chi connectivity index (χ4n) is 3.94. The molecule has 8 heteroatoms. The fraction of sp³-hybridized carbons (Fsp3) is 0.364. The van der Waals surface area contributed by atoms with E-state index in [0.29, 0.717) is 13.1 Å². The number of imidazole rings is 1. The smallest absolute Gasteiger partial charge is 0.211 e. The van der Waals surface area contributed by atoms with E-state index in [1.54, 1.807) is 6.33 Å². The number of rotatable bonds is 5. The molecule has 3 aromatic rings. The maximum Gasteiger partial charge on any atom is 0.211 e. The highest BCUT2D eigenvalue weighted by molar-refractivity contribution is 7.88. The molecule has 0 atom stereocenters. The molecule has 3 heterocycles. The molecule has 0 fully saturated rings. The lowest BCUT2D eigenvalue weighted by molar-refractivity contribution is 0.446. The van der Waals surface area contributed by atoms with Crippen LogP contribution in [0.1, 0.15) is 24.5 Å². The second-order valence-electron chi connectivity index (χ2n) is 7.74. The van der Waals surface area contributed by atoms with Crippen LogP contribution >= 0.6 is 0 Å². The van der Waals surface area contributed by atoms with E-state index >= 15 is 0 Å². The molecule has 30 heavy (non-hydrogen) atoms. The molecule has 0 radical (unpaired) electrons. The van der Waals surface area contributed by atoms with Crippen LogP contribution in [0.2, 0.25) is 0 Å². The number of aromatic nitrogens is 3. The lowest BCUT2D eigenvalue weighted by Gasteiger charge is -2.26. The Labute approximate surface area is 177 Å². The van der Waals surface area contributed by atoms with Crippen molar-refractivity contribution in [2.45, 2.75) is 19.8 Å². The summed E-state index contributed by atoms with van der Waals surface area (Å²) >= 11 is 0. The van der Waals surface area contributed by atoms with Gasteiger partial charge in [0.25, 0.3) is 0 Å². The highest BCUT2D eigenvalue weighted by atomic mass is 32.2. The third-order valence-electron chi connectivity index (χ3n) is 5.77. The van der Waals surface area contributed by atoms with E-state index in [0.717, 1.165) is 40.9 Å². The van der Waals surface area contributed by atoms with Crippen LogP contribution in [0.3, 0.4) is 0 Å². The Hall–Kier alpha value is -2.71. The second-order valence-corrected chi connectivity index (χ2v) is 9.73. The molecular weight excluding hydrogens is 398 g/mol. The van der Waals surface area contributed by atoms with Crippen molar-refractivity contribution in [3.63, 3.8) is 0 Å². The van der Waals surface area contributed by atoms with Gasteiger partial charge in [-0.05, 0) is 41.7 Å². The third kappa shape index (κ3) is 3.85. The minimum atomic E-state index is -3.14. The van der Waals surface area contributed by atoms with Crippen LogP contribution in [0.15, 0.2) is 42.9 Å². The molecule has 0 saturated carbocycles. The first-order valence-corrected chi connectivity index (χ1v) is 11.9. The number of hydrogen-bond donors (Lipinski definition) is 0. The maximum absolute atomic E-state index is 11.7. The Morgan fingerprint density at radius 1 is 1.20 bits per heavy atom. The summed E-state index contributed by atoms with van der Waals surface area (Å²) < 4.78 is 27.0. The van der Waals surface area contributed by atoms with Gasteiger partial charge in [0.05, 0.1) is 24.3 Å². The normalized spacial score (nSPS) is 15.4. The van der Waals surface area contributed by atoms with Gasteiger partial charge in [-0.3, -0.25) is 0 Å². The summed E-state index contributed by atoms with van der Waals surface area (Å²) in [5.74, 6) is 0.870. The predicted octanol–water partition coefficient (Wildman–Crippen LogP) is 3.35. The van der Waals surface area contributed by atoms with Crippen LogP contribution in [0.4, 0.5) is 11.5 Å². The molecule has 0 aliphatic carbocycles. The van der Waals surface area contributed by atoms with Crippen LogP contribution in [0.5, 0.6) is 0 Å².